The summed E-state index contributed by atoms with van der Waals surface area (Å²) in [6.07, 6.45) is 1.18. The lowest BCUT2D eigenvalue weighted by atomic mass is 10.5. The van der Waals surface area contributed by atoms with E-state index in [-0.39, 0.29) is 0 Å². The van der Waals surface area contributed by atoms with E-state index in [2.05, 4.69) is 19.7 Å². The molecule has 0 N–H and O–H groups in total. The molecule has 1 nitrogen and oxygen atoms in total. The van der Waals surface area contributed by atoms with Crippen LogP contribution in [0.25, 0.3) is 0 Å². The molecule has 0 aromatic rings. The van der Waals surface area contributed by atoms with E-state index in [1.807, 2.05) is 25.2 Å². The molecule has 0 unspecified atom stereocenters. The van der Waals surface area contributed by atoms with Crippen LogP contribution in [0.4, 0.5) is 0 Å². The van der Waals surface area contributed by atoms with Crippen molar-refractivity contribution in [3.63, 3.8) is 0 Å². The predicted molar refractivity (Wildman–Crippen MR) is 43.3 cm³/mol. The van der Waals surface area contributed by atoms with Gasteiger partial charge >= 0.3 is 0 Å². The van der Waals surface area contributed by atoms with Crippen LogP contribution in [0.3, 0.4) is 0 Å². The van der Waals surface area contributed by atoms with Gasteiger partial charge in [-0.15, -0.1) is 0 Å². The lowest BCUT2D eigenvalue weighted by Gasteiger charge is -2.02. The quantitative estimate of drug-likeness (QED) is 0.568. The maximum absolute atomic E-state index is 4.01. The molecule has 0 bridgehead atoms. The summed E-state index contributed by atoms with van der Waals surface area (Å²) in [6.45, 7) is 7.20. The average Bonchev–Trinajstić information content (AvgIpc) is 1.72. The van der Waals surface area contributed by atoms with Gasteiger partial charge in [0.2, 0.25) is 0 Å². The van der Waals surface area contributed by atoms with Crippen LogP contribution in [0, 0.1) is 0 Å². The minimum absolute atomic E-state index is 1.07. The largest absolute Gasteiger partial charge is 0.256 e. The van der Waals surface area contributed by atoms with Crippen molar-refractivity contribution in [2.24, 2.45) is 0 Å². The Balaban J connectivity index is 0. The third-order valence-corrected chi connectivity index (χ3v) is 0.747. The Hall–Kier alpha value is 0.310. The van der Waals surface area contributed by atoms with Crippen LogP contribution in [-0.4, -0.2) is 17.9 Å². The molecule has 0 aliphatic rings. The molecule has 0 amide bonds. The van der Waals surface area contributed by atoms with Gasteiger partial charge in [0.15, 0.2) is 0 Å². The number of rotatable bonds is 2. The second kappa shape index (κ2) is 10.3. The molecule has 0 saturated carbocycles. The van der Waals surface area contributed by atoms with Crippen LogP contribution >= 0.6 is 12.8 Å². The van der Waals surface area contributed by atoms with Crippen LogP contribution in [0.2, 0.25) is 0 Å². The Morgan fingerprint density at radius 2 is 1.75 bits per heavy atom. The molecule has 0 rings (SSSR count). The van der Waals surface area contributed by atoms with Crippen LogP contribution in [0.15, 0.2) is 0 Å². The Kier molecular flexibility index (Phi) is 14.4. The Bertz CT molecular complexity index is 29.7. The first kappa shape index (κ1) is 11.2. The zero-order valence-electron chi connectivity index (χ0n) is 6.31. The maximum Gasteiger partial charge on any atom is 0.00812 e. The van der Waals surface area contributed by atoms with E-state index in [1.54, 1.807) is 0 Å². The van der Waals surface area contributed by atoms with Crippen LogP contribution in [-0.2, 0) is 0 Å². The SMILES string of the molecule is CC.CCCN(C)S. The standard InChI is InChI=1S/C4H11NS.C2H6/c1-3-4-5(2)6;1-2/h6H,3-4H2,1-2H3;1-2H3. The molecule has 0 fully saturated rings. The van der Waals surface area contributed by atoms with Gasteiger partial charge < -0.3 is 0 Å². The van der Waals surface area contributed by atoms with E-state index in [0.717, 1.165) is 6.54 Å². The first-order valence-corrected chi connectivity index (χ1v) is 3.57. The molecular formula is C6H17NS. The van der Waals surface area contributed by atoms with Gasteiger partial charge in [0, 0.05) is 6.54 Å². The van der Waals surface area contributed by atoms with E-state index >= 15 is 0 Å². The highest BCUT2D eigenvalue weighted by molar-refractivity contribution is 7.77. The minimum atomic E-state index is 1.07. The van der Waals surface area contributed by atoms with Crippen LogP contribution in [0.1, 0.15) is 27.2 Å². The van der Waals surface area contributed by atoms with Crippen molar-refractivity contribution in [3.8, 4) is 0 Å². The fourth-order valence-electron chi connectivity index (χ4n) is 0.324. The molecule has 2 heteroatoms. The first-order chi connectivity index (χ1) is 3.77. The Morgan fingerprint density at radius 3 is 1.75 bits per heavy atom. The molecule has 0 heterocycles. The smallest absolute Gasteiger partial charge is 0.00812 e. The van der Waals surface area contributed by atoms with E-state index in [9.17, 15) is 0 Å². The third-order valence-electron chi connectivity index (χ3n) is 0.547. The second-order valence-electron chi connectivity index (χ2n) is 1.38. The third kappa shape index (κ3) is 16.2. The van der Waals surface area contributed by atoms with Gasteiger partial charge in [-0.2, -0.15) is 0 Å². The Morgan fingerprint density at radius 1 is 1.38 bits per heavy atom. The topological polar surface area (TPSA) is 3.24 Å². The van der Waals surface area contributed by atoms with Gasteiger partial charge in [-0.05, 0) is 13.5 Å². The number of thiol groups is 1. The molecular weight excluding hydrogens is 118 g/mol. The monoisotopic (exact) mass is 135 g/mol. The Labute approximate surface area is 58.6 Å². The maximum atomic E-state index is 4.01. The molecule has 0 radical (unpaired) electrons. The van der Waals surface area contributed by atoms with E-state index < -0.39 is 0 Å². The van der Waals surface area contributed by atoms with Crippen molar-refractivity contribution >= 4 is 12.8 Å². The van der Waals surface area contributed by atoms with Gasteiger partial charge in [-0.3, -0.25) is 4.31 Å². The molecule has 0 aliphatic carbocycles. The van der Waals surface area contributed by atoms with Gasteiger partial charge in [-0.1, -0.05) is 33.6 Å². The zero-order chi connectivity index (χ0) is 6.99. The zero-order valence-corrected chi connectivity index (χ0v) is 7.20. The molecule has 0 atom stereocenters. The summed E-state index contributed by atoms with van der Waals surface area (Å²) >= 11 is 4.01. The summed E-state index contributed by atoms with van der Waals surface area (Å²) in [5.41, 5.74) is 0. The second-order valence-corrected chi connectivity index (χ2v) is 2.06. The molecule has 52 valence electrons. The summed E-state index contributed by atoms with van der Waals surface area (Å²) in [5.74, 6) is 0. The molecule has 0 saturated heterocycles. The molecule has 0 aliphatic heterocycles. The predicted octanol–water partition coefficient (Wildman–Crippen LogP) is 2.20. The first-order valence-electron chi connectivity index (χ1n) is 3.17. The number of hydrogen-bond donors (Lipinski definition) is 1. The molecule has 8 heavy (non-hydrogen) atoms. The van der Waals surface area contributed by atoms with Crippen molar-refractivity contribution in [3.05, 3.63) is 0 Å². The normalized spacial score (nSPS) is 8.25. The summed E-state index contributed by atoms with van der Waals surface area (Å²) in [6, 6.07) is 0. The van der Waals surface area contributed by atoms with Gasteiger partial charge in [0.1, 0.15) is 0 Å². The van der Waals surface area contributed by atoms with Gasteiger partial charge in [0.05, 0.1) is 0 Å². The highest BCUT2D eigenvalue weighted by Crippen LogP contribution is 1.86. The highest BCUT2D eigenvalue weighted by atomic mass is 32.1. The van der Waals surface area contributed by atoms with Crippen LogP contribution < -0.4 is 0 Å². The lowest BCUT2D eigenvalue weighted by molar-refractivity contribution is 0.566. The molecule has 0 aromatic heterocycles. The van der Waals surface area contributed by atoms with Crippen LogP contribution in [0.5, 0.6) is 0 Å². The molecule has 0 aromatic carbocycles. The van der Waals surface area contributed by atoms with E-state index in [4.69, 9.17) is 0 Å². The summed E-state index contributed by atoms with van der Waals surface area (Å²) in [4.78, 5) is 0. The molecule has 0 spiro atoms. The van der Waals surface area contributed by atoms with Crippen molar-refractivity contribution in [1.82, 2.24) is 4.31 Å². The van der Waals surface area contributed by atoms with Crippen molar-refractivity contribution in [2.45, 2.75) is 27.2 Å². The van der Waals surface area contributed by atoms with E-state index in [1.165, 1.54) is 6.42 Å². The average molecular weight is 135 g/mol. The summed E-state index contributed by atoms with van der Waals surface area (Å²) in [7, 11) is 1.95. The number of nitrogens with zero attached hydrogens (tertiary/aromatic N) is 1. The lowest BCUT2D eigenvalue weighted by Crippen LogP contribution is -2.04. The summed E-state index contributed by atoms with van der Waals surface area (Å²) in [5, 5.41) is 0. The van der Waals surface area contributed by atoms with Crippen molar-refractivity contribution < 1.29 is 0 Å². The van der Waals surface area contributed by atoms with Crippen molar-refractivity contribution in [1.29, 1.82) is 0 Å². The fraction of sp³-hybridized carbons (Fsp3) is 1.00. The van der Waals surface area contributed by atoms with Crippen molar-refractivity contribution in [2.75, 3.05) is 13.6 Å². The van der Waals surface area contributed by atoms with E-state index in [0.29, 0.717) is 0 Å². The van der Waals surface area contributed by atoms with Gasteiger partial charge in [0.25, 0.3) is 0 Å². The van der Waals surface area contributed by atoms with Gasteiger partial charge in [-0.25, -0.2) is 0 Å². The summed E-state index contributed by atoms with van der Waals surface area (Å²) < 4.78 is 1.88. The fourth-order valence-corrected chi connectivity index (χ4v) is 0.524. The highest BCUT2D eigenvalue weighted by Gasteiger charge is 1.80. The minimum Gasteiger partial charge on any atom is -0.256 e. The number of hydrogen-bond acceptors (Lipinski definition) is 2.